The Kier molecular flexibility index (Phi) is 6.04. The van der Waals surface area contributed by atoms with E-state index in [4.69, 9.17) is 0 Å². The fraction of sp³-hybridized carbons (Fsp3) is 0.100. The predicted octanol–water partition coefficient (Wildman–Crippen LogP) is 7.15. The Labute approximate surface area is 165 Å². The van der Waals surface area contributed by atoms with Crippen LogP contribution in [0.2, 0.25) is 0 Å². The van der Waals surface area contributed by atoms with Crippen molar-refractivity contribution < 1.29 is 0 Å². The van der Waals surface area contributed by atoms with Crippen molar-refractivity contribution in [3.63, 3.8) is 0 Å². The van der Waals surface area contributed by atoms with Gasteiger partial charge in [0.05, 0.1) is 0 Å². The third-order valence-corrected chi connectivity index (χ3v) is 5.05. The lowest BCUT2D eigenvalue weighted by Gasteiger charge is -2.25. The Morgan fingerprint density at radius 1 is 0.625 bits per heavy atom. The highest BCUT2D eigenvalue weighted by Gasteiger charge is 2.12. The van der Waals surface area contributed by atoms with Gasteiger partial charge in [-0.1, -0.05) is 44.0 Å². The number of hydrogen-bond acceptors (Lipinski definition) is 2. The molecule has 0 aliphatic carbocycles. The van der Waals surface area contributed by atoms with Crippen LogP contribution in [0.4, 0.5) is 17.1 Å². The Morgan fingerprint density at radius 2 is 1.00 bits per heavy atom. The molecular weight excluding hydrogens is 446 g/mol. The Morgan fingerprint density at radius 3 is 1.38 bits per heavy atom. The second-order valence-electron chi connectivity index (χ2n) is 5.43. The Balaban J connectivity index is 2.04. The molecule has 24 heavy (non-hydrogen) atoms. The average Bonchev–Trinajstić information content (AvgIpc) is 2.60. The SMILES string of the molecule is SCCc1ccc(N(c2ccc(Br)cc2)c2ccc(Br)cc2)cc1. The van der Waals surface area contributed by atoms with E-state index in [0.717, 1.165) is 38.2 Å². The third kappa shape index (κ3) is 4.24. The number of aryl methyl sites for hydroxylation is 1. The molecule has 0 saturated heterocycles. The number of nitrogens with zero attached hydrogens (tertiary/aromatic N) is 1. The second-order valence-corrected chi connectivity index (χ2v) is 7.71. The van der Waals surface area contributed by atoms with Crippen LogP contribution in [0, 0.1) is 0 Å². The van der Waals surface area contributed by atoms with Gasteiger partial charge in [-0.25, -0.2) is 0 Å². The van der Waals surface area contributed by atoms with E-state index < -0.39 is 0 Å². The quantitative estimate of drug-likeness (QED) is 0.394. The second kappa shape index (κ2) is 8.24. The summed E-state index contributed by atoms with van der Waals surface area (Å²) in [4.78, 5) is 2.25. The van der Waals surface area contributed by atoms with E-state index in [9.17, 15) is 0 Å². The molecule has 0 aliphatic heterocycles. The van der Waals surface area contributed by atoms with Gasteiger partial charge >= 0.3 is 0 Å². The highest BCUT2D eigenvalue weighted by molar-refractivity contribution is 9.10. The van der Waals surface area contributed by atoms with Gasteiger partial charge in [0.15, 0.2) is 0 Å². The molecule has 0 atom stereocenters. The molecule has 0 aromatic heterocycles. The average molecular weight is 463 g/mol. The highest BCUT2D eigenvalue weighted by Crippen LogP contribution is 2.35. The molecule has 3 aromatic carbocycles. The summed E-state index contributed by atoms with van der Waals surface area (Å²) in [6.45, 7) is 0. The van der Waals surface area contributed by atoms with E-state index in [1.807, 2.05) is 0 Å². The normalized spacial score (nSPS) is 10.6. The summed E-state index contributed by atoms with van der Waals surface area (Å²) >= 11 is 11.3. The third-order valence-electron chi connectivity index (χ3n) is 3.76. The van der Waals surface area contributed by atoms with Crippen LogP contribution in [0.25, 0.3) is 0 Å². The number of hydrogen-bond donors (Lipinski definition) is 1. The summed E-state index contributed by atoms with van der Waals surface area (Å²) in [6.07, 6.45) is 0.986. The minimum absolute atomic E-state index is 0.864. The zero-order valence-electron chi connectivity index (χ0n) is 13.0. The maximum absolute atomic E-state index is 4.31. The van der Waals surface area contributed by atoms with Gasteiger partial charge in [0.25, 0.3) is 0 Å². The van der Waals surface area contributed by atoms with Crippen molar-refractivity contribution >= 4 is 61.6 Å². The van der Waals surface area contributed by atoms with E-state index in [0.29, 0.717) is 0 Å². The topological polar surface area (TPSA) is 3.24 Å². The van der Waals surface area contributed by atoms with Gasteiger partial charge in [-0.3, -0.25) is 0 Å². The van der Waals surface area contributed by atoms with Gasteiger partial charge in [-0.05, 0) is 78.4 Å². The van der Waals surface area contributed by atoms with Gasteiger partial charge in [-0.15, -0.1) is 0 Å². The monoisotopic (exact) mass is 461 g/mol. The first-order valence-corrected chi connectivity index (χ1v) is 9.90. The zero-order chi connectivity index (χ0) is 16.9. The molecule has 3 aromatic rings. The lowest BCUT2D eigenvalue weighted by atomic mass is 10.1. The van der Waals surface area contributed by atoms with Crippen LogP contribution in [-0.4, -0.2) is 5.75 Å². The maximum Gasteiger partial charge on any atom is 0.0462 e. The molecule has 0 unspecified atom stereocenters. The van der Waals surface area contributed by atoms with Gasteiger partial charge < -0.3 is 4.90 Å². The molecule has 0 heterocycles. The summed E-state index contributed by atoms with van der Waals surface area (Å²) in [5.74, 6) is 0.864. The van der Waals surface area contributed by atoms with Crippen LogP contribution >= 0.6 is 44.5 Å². The number of rotatable bonds is 5. The number of thiol groups is 1. The summed E-state index contributed by atoms with van der Waals surface area (Å²) in [7, 11) is 0. The number of anilines is 3. The van der Waals surface area contributed by atoms with E-state index >= 15 is 0 Å². The van der Waals surface area contributed by atoms with Crippen LogP contribution in [0.15, 0.2) is 81.7 Å². The molecule has 3 rings (SSSR count). The van der Waals surface area contributed by atoms with Gasteiger partial charge in [-0.2, -0.15) is 12.6 Å². The van der Waals surface area contributed by atoms with Crippen molar-refractivity contribution in [3.05, 3.63) is 87.3 Å². The first kappa shape index (κ1) is 17.6. The number of benzene rings is 3. The molecule has 0 saturated carbocycles. The van der Waals surface area contributed by atoms with Crippen molar-refractivity contribution in [2.45, 2.75) is 6.42 Å². The summed E-state index contributed by atoms with van der Waals surface area (Å²) in [5.41, 5.74) is 4.70. The van der Waals surface area contributed by atoms with Gasteiger partial charge in [0.1, 0.15) is 0 Å². The minimum Gasteiger partial charge on any atom is -0.311 e. The summed E-state index contributed by atoms with van der Waals surface area (Å²) < 4.78 is 2.15. The van der Waals surface area contributed by atoms with Crippen LogP contribution in [0.5, 0.6) is 0 Å². The lowest BCUT2D eigenvalue weighted by Crippen LogP contribution is -2.09. The van der Waals surface area contributed by atoms with Gasteiger partial charge in [0, 0.05) is 26.0 Å². The van der Waals surface area contributed by atoms with Crippen molar-refractivity contribution in [2.75, 3.05) is 10.7 Å². The van der Waals surface area contributed by atoms with Crippen molar-refractivity contribution in [1.29, 1.82) is 0 Å². The van der Waals surface area contributed by atoms with Crippen LogP contribution in [0.3, 0.4) is 0 Å². The molecule has 0 radical (unpaired) electrons. The first-order chi connectivity index (χ1) is 11.7. The smallest absolute Gasteiger partial charge is 0.0462 e. The fourth-order valence-corrected chi connectivity index (χ4v) is 3.36. The molecule has 4 heteroatoms. The molecule has 0 amide bonds. The van der Waals surface area contributed by atoms with Crippen molar-refractivity contribution in [1.82, 2.24) is 0 Å². The van der Waals surface area contributed by atoms with E-state index in [2.05, 4.69) is 122 Å². The molecular formula is C20H17Br2NS. The standard InChI is InChI=1S/C20H17Br2NS/c21-16-3-9-19(10-4-16)23(20-11-5-17(22)6-12-20)18-7-1-15(2-8-18)13-14-24/h1-12,24H,13-14H2. The molecule has 0 N–H and O–H groups in total. The molecule has 0 fully saturated rings. The lowest BCUT2D eigenvalue weighted by molar-refractivity contribution is 1.16. The fourth-order valence-electron chi connectivity index (χ4n) is 2.57. The van der Waals surface area contributed by atoms with E-state index in [-0.39, 0.29) is 0 Å². The van der Waals surface area contributed by atoms with E-state index in [1.54, 1.807) is 0 Å². The molecule has 0 bridgehead atoms. The minimum atomic E-state index is 0.864. The Hall–Kier alpha value is -1.23. The Bertz CT molecular complexity index is 738. The molecule has 1 nitrogen and oxygen atoms in total. The largest absolute Gasteiger partial charge is 0.311 e. The first-order valence-electron chi connectivity index (χ1n) is 7.68. The molecule has 0 spiro atoms. The van der Waals surface area contributed by atoms with Crippen molar-refractivity contribution in [3.8, 4) is 0 Å². The van der Waals surface area contributed by atoms with Gasteiger partial charge in [0.2, 0.25) is 0 Å². The predicted molar refractivity (Wildman–Crippen MR) is 114 cm³/mol. The zero-order valence-corrected chi connectivity index (χ0v) is 17.1. The summed E-state index contributed by atoms with van der Waals surface area (Å²) in [5, 5.41) is 0. The van der Waals surface area contributed by atoms with E-state index in [1.165, 1.54) is 5.56 Å². The van der Waals surface area contributed by atoms with Crippen LogP contribution < -0.4 is 4.90 Å². The number of halogens is 2. The summed E-state index contributed by atoms with van der Waals surface area (Å²) in [6, 6.07) is 25.4. The molecule has 122 valence electrons. The molecule has 0 aliphatic rings. The maximum atomic E-state index is 4.31. The van der Waals surface area contributed by atoms with Crippen LogP contribution in [0.1, 0.15) is 5.56 Å². The van der Waals surface area contributed by atoms with Crippen molar-refractivity contribution in [2.24, 2.45) is 0 Å². The van der Waals surface area contributed by atoms with Crippen LogP contribution in [-0.2, 0) is 6.42 Å². The highest BCUT2D eigenvalue weighted by atomic mass is 79.9.